The molecule has 0 N–H and O–H groups in total. The summed E-state index contributed by atoms with van der Waals surface area (Å²) in [5.74, 6) is 0.544. The molecule has 0 saturated heterocycles. The van der Waals surface area contributed by atoms with E-state index in [1.165, 1.54) is 6.33 Å². The summed E-state index contributed by atoms with van der Waals surface area (Å²) in [6.07, 6.45) is 1.49. The maximum Gasteiger partial charge on any atom is 0.225 e. The molecule has 2 aromatic heterocycles. The molecule has 0 unspecified atom stereocenters. The highest BCUT2D eigenvalue weighted by Crippen LogP contribution is 2.29. The number of rotatable bonds is 3. The van der Waals surface area contributed by atoms with Gasteiger partial charge in [0.25, 0.3) is 0 Å². The van der Waals surface area contributed by atoms with Crippen LogP contribution >= 0.6 is 34.5 Å². The van der Waals surface area contributed by atoms with E-state index in [-0.39, 0.29) is 6.61 Å². The third-order valence-electron chi connectivity index (χ3n) is 2.64. The van der Waals surface area contributed by atoms with Gasteiger partial charge in [-0.1, -0.05) is 29.3 Å². The SMILES string of the molecule is Clc1cccc(Cl)c1COc1ncnc2sccc12. The van der Waals surface area contributed by atoms with Crippen molar-refractivity contribution < 1.29 is 4.74 Å². The average molecular weight is 311 g/mol. The summed E-state index contributed by atoms with van der Waals surface area (Å²) in [6, 6.07) is 7.30. The van der Waals surface area contributed by atoms with Crippen molar-refractivity contribution in [2.45, 2.75) is 6.61 Å². The van der Waals surface area contributed by atoms with E-state index in [2.05, 4.69) is 9.97 Å². The second-order valence-electron chi connectivity index (χ2n) is 3.81. The minimum atomic E-state index is 0.278. The summed E-state index contributed by atoms with van der Waals surface area (Å²) < 4.78 is 5.71. The first-order chi connectivity index (χ1) is 9.25. The summed E-state index contributed by atoms with van der Waals surface area (Å²) in [4.78, 5) is 9.21. The highest BCUT2D eigenvalue weighted by molar-refractivity contribution is 7.16. The van der Waals surface area contributed by atoms with Crippen LogP contribution < -0.4 is 4.74 Å². The average Bonchev–Trinajstić information content (AvgIpc) is 2.87. The summed E-state index contributed by atoms with van der Waals surface area (Å²) >= 11 is 13.7. The molecule has 0 radical (unpaired) electrons. The zero-order valence-electron chi connectivity index (χ0n) is 9.64. The molecule has 3 nitrogen and oxygen atoms in total. The van der Waals surface area contributed by atoms with E-state index in [0.29, 0.717) is 15.9 Å². The third kappa shape index (κ3) is 2.52. The highest BCUT2D eigenvalue weighted by atomic mass is 35.5. The van der Waals surface area contributed by atoms with Gasteiger partial charge in [-0.25, -0.2) is 9.97 Å². The van der Waals surface area contributed by atoms with E-state index in [9.17, 15) is 0 Å². The van der Waals surface area contributed by atoms with Crippen LogP contribution in [0.25, 0.3) is 10.2 Å². The first-order valence-electron chi connectivity index (χ1n) is 5.49. The van der Waals surface area contributed by atoms with Crippen LogP contribution in [0.2, 0.25) is 10.0 Å². The Balaban J connectivity index is 1.88. The number of thiophene rings is 1. The molecule has 1 aromatic carbocycles. The fraction of sp³-hybridized carbons (Fsp3) is 0.0769. The summed E-state index contributed by atoms with van der Waals surface area (Å²) in [7, 11) is 0. The molecule has 0 atom stereocenters. The first kappa shape index (κ1) is 12.7. The lowest BCUT2D eigenvalue weighted by Crippen LogP contribution is -1.99. The molecule has 3 aromatic rings. The molecule has 0 aliphatic heterocycles. The molecule has 19 heavy (non-hydrogen) atoms. The molecule has 0 aliphatic rings. The van der Waals surface area contributed by atoms with Gasteiger partial charge in [0.05, 0.1) is 5.39 Å². The Kier molecular flexibility index (Phi) is 3.55. The summed E-state index contributed by atoms with van der Waals surface area (Å²) in [5.41, 5.74) is 0.757. The van der Waals surface area contributed by atoms with E-state index < -0.39 is 0 Å². The van der Waals surface area contributed by atoms with Crippen LogP contribution in [0, 0.1) is 0 Å². The molecule has 3 rings (SSSR count). The van der Waals surface area contributed by atoms with Crippen molar-refractivity contribution in [2.75, 3.05) is 0 Å². The fourth-order valence-corrected chi connectivity index (χ4v) is 2.92. The summed E-state index contributed by atoms with van der Waals surface area (Å²) in [6.45, 7) is 0.278. The lowest BCUT2D eigenvalue weighted by atomic mass is 10.2. The van der Waals surface area contributed by atoms with Gasteiger partial charge < -0.3 is 4.74 Å². The van der Waals surface area contributed by atoms with Gasteiger partial charge in [0.2, 0.25) is 5.88 Å². The second-order valence-corrected chi connectivity index (χ2v) is 5.52. The molecule has 0 fully saturated rings. The Morgan fingerprint density at radius 2 is 1.89 bits per heavy atom. The molecule has 0 bridgehead atoms. The van der Waals surface area contributed by atoms with Crippen LogP contribution in [0.1, 0.15) is 5.56 Å². The molecule has 0 amide bonds. The number of hydrogen-bond acceptors (Lipinski definition) is 4. The maximum atomic E-state index is 6.10. The first-order valence-corrected chi connectivity index (χ1v) is 7.13. The van der Waals surface area contributed by atoms with Gasteiger partial charge in [0.1, 0.15) is 17.8 Å². The minimum absolute atomic E-state index is 0.278. The van der Waals surface area contributed by atoms with Crippen LogP contribution in [0.15, 0.2) is 36.0 Å². The van der Waals surface area contributed by atoms with Gasteiger partial charge in [0, 0.05) is 15.6 Å². The number of ether oxygens (including phenoxy) is 1. The van der Waals surface area contributed by atoms with Crippen LogP contribution in [0.3, 0.4) is 0 Å². The zero-order valence-corrected chi connectivity index (χ0v) is 12.0. The standard InChI is InChI=1S/C13H8Cl2N2OS/c14-10-2-1-3-11(15)9(10)6-18-12-8-4-5-19-13(8)17-7-16-12/h1-5,7H,6H2. The van der Waals surface area contributed by atoms with Crippen LogP contribution in [-0.2, 0) is 6.61 Å². The van der Waals surface area contributed by atoms with Crippen molar-refractivity contribution in [3.8, 4) is 5.88 Å². The highest BCUT2D eigenvalue weighted by Gasteiger charge is 2.09. The van der Waals surface area contributed by atoms with Crippen molar-refractivity contribution in [1.29, 1.82) is 0 Å². The van der Waals surface area contributed by atoms with Crippen molar-refractivity contribution >= 4 is 44.8 Å². The van der Waals surface area contributed by atoms with E-state index in [1.54, 1.807) is 29.5 Å². The maximum absolute atomic E-state index is 6.10. The molecule has 0 saturated carbocycles. The van der Waals surface area contributed by atoms with E-state index >= 15 is 0 Å². The van der Waals surface area contributed by atoms with E-state index in [4.69, 9.17) is 27.9 Å². The van der Waals surface area contributed by atoms with Crippen LogP contribution in [0.5, 0.6) is 5.88 Å². The zero-order chi connectivity index (χ0) is 13.2. The topological polar surface area (TPSA) is 35.0 Å². The Morgan fingerprint density at radius 3 is 2.68 bits per heavy atom. The molecule has 6 heteroatoms. The minimum Gasteiger partial charge on any atom is -0.472 e. The van der Waals surface area contributed by atoms with Crippen molar-refractivity contribution in [1.82, 2.24) is 9.97 Å². The van der Waals surface area contributed by atoms with E-state index in [1.807, 2.05) is 11.4 Å². The van der Waals surface area contributed by atoms with Crippen molar-refractivity contribution in [2.24, 2.45) is 0 Å². The largest absolute Gasteiger partial charge is 0.472 e. The number of aromatic nitrogens is 2. The second kappa shape index (κ2) is 5.33. The van der Waals surface area contributed by atoms with Gasteiger partial charge in [-0.3, -0.25) is 0 Å². The molecular formula is C13H8Cl2N2OS. The molecule has 0 aliphatic carbocycles. The van der Waals surface area contributed by atoms with E-state index in [0.717, 1.165) is 15.8 Å². The van der Waals surface area contributed by atoms with Crippen molar-refractivity contribution in [3.63, 3.8) is 0 Å². The smallest absolute Gasteiger partial charge is 0.225 e. The number of nitrogens with zero attached hydrogens (tertiary/aromatic N) is 2. The lowest BCUT2D eigenvalue weighted by Gasteiger charge is -2.09. The number of benzene rings is 1. The molecule has 0 spiro atoms. The van der Waals surface area contributed by atoms with Gasteiger partial charge in [0.15, 0.2) is 0 Å². The predicted octanol–water partition coefficient (Wildman–Crippen LogP) is 4.58. The Hall–Kier alpha value is -1.36. The number of halogens is 2. The van der Waals surface area contributed by atoms with Gasteiger partial charge in [-0.15, -0.1) is 11.3 Å². The fourth-order valence-electron chi connectivity index (χ4n) is 1.69. The molecular weight excluding hydrogens is 303 g/mol. The third-order valence-corrected chi connectivity index (χ3v) is 4.17. The predicted molar refractivity (Wildman–Crippen MR) is 78.2 cm³/mol. The van der Waals surface area contributed by atoms with Gasteiger partial charge in [-0.2, -0.15) is 0 Å². The quantitative estimate of drug-likeness (QED) is 0.710. The van der Waals surface area contributed by atoms with Crippen LogP contribution in [-0.4, -0.2) is 9.97 Å². The monoisotopic (exact) mass is 310 g/mol. The van der Waals surface area contributed by atoms with Gasteiger partial charge >= 0.3 is 0 Å². The number of fused-ring (bicyclic) bond motifs is 1. The molecule has 2 heterocycles. The summed E-state index contributed by atoms with van der Waals surface area (Å²) in [5, 5.41) is 4.02. The molecule has 96 valence electrons. The lowest BCUT2D eigenvalue weighted by molar-refractivity contribution is 0.298. The van der Waals surface area contributed by atoms with Crippen molar-refractivity contribution in [3.05, 3.63) is 51.6 Å². The Morgan fingerprint density at radius 1 is 1.11 bits per heavy atom. The normalized spacial score (nSPS) is 10.8. The Labute approximate surface area is 123 Å². The Bertz CT molecular complexity index is 709. The number of hydrogen-bond donors (Lipinski definition) is 0. The van der Waals surface area contributed by atoms with Crippen LogP contribution in [0.4, 0.5) is 0 Å². The van der Waals surface area contributed by atoms with Gasteiger partial charge in [-0.05, 0) is 23.6 Å².